The number of carbonyl (C=O) groups excluding carboxylic acids is 1. The molecule has 0 fully saturated rings. The summed E-state index contributed by atoms with van der Waals surface area (Å²) in [4.78, 5) is 11.4. The molecule has 0 spiro atoms. The molecule has 0 unspecified atom stereocenters. The summed E-state index contributed by atoms with van der Waals surface area (Å²) < 4.78 is 30.3. The van der Waals surface area contributed by atoms with Crippen molar-refractivity contribution in [1.29, 1.82) is 0 Å². The van der Waals surface area contributed by atoms with E-state index in [-0.39, 0.29) is 17.0 Å². The predicted octanol–water partition coefficient (Wildman–Crippen LogP) is 2.62. The molecule has 106 valence electrons. The fourth-order valence-corrected chi connectivity index (χ4v) is 2.57. The smallest absolute Gasteiger partial charge is 0.254 e. The van der Waals surface area contributed by atoms with Crippen LogP contribution in [0.5, 0.6) is 5.75 Å². The second-order valence-corrected chi connectivity index (χ2v) is 6.92. The standard InChI is InChI=1S/C11H13BrClNO4S/c1-4-18-10-8(12)6-5-7(11(13)15)9(10)14(2)19(3,16)17/h5-6H,4H2,1-3H3. The van der Waals surface area contributed by atoms with Gasteiger partial charge in [0, 0.05) is 7.05 Å². The highest BCUT2D eigenvalue weighted by atomic mass is 79.9. The van der Waals surface area contributed by atoms with Gasteiger partial charge < -0.3 is 4.74 Å². The van der Waals surface area contributed by atoms with Gasteiger partial charge in [-0.05, 0) is 46.6 Å². The molecule has 19 heavy (non-hydrogen) atoms. The third-order valence-electron chi connectivity index (χ3n) is 2.40. The molecule has 0 N–H and O–H groups in total. The van der Waals surface area contributed by atoms with Crippen molar-refractivity contribution >= 4 is 48.5 Å². The molecule has 5 nitrogen and oxygen atoms in total. The molecule has 1 aromatic rings. The van der Waals surface area contributed by atoms with E-state index >= 15 is 0 Å². The summed E-state index contributed by atoms with van der Waals surface area (Å²) >= 11 is 8.76. The van der Waals surface area contributed by atoms with Crippen LogP contribution in [0.1, 0.15) is 17.3 Å². The summed E-state index contributed by atoms with van der Waals surface area (Å²) in [6.45, 7) is 2.08. The van der Waals surface area contributed by atoms with Gasteiger partial charge in [-0.15, -0.1) is 0 Å². The van der Waals surface area contributed by atoms with Crippen molar-refractivity contribution in [3.05, 3.63) is 22.2 Å². The van der Waals surface area contributed by atoms with Crippen LogP contribution < -0.4 is 9.04 Å². The minimum absolute atomic E-state index is 0.0706. The molecule has 8 heteroatoms. The van der Waals surface area contributed by atoms with Crippen molar-refractivity contribution in [3.63, 3.8) is 0 Å². The SMILES string of the molecule is CCOc1c(Br)ccc(C(=O)Cl)c1N(C)S(C)(=O)=O. The van der Waals surface area contributed by atoms with Gasteiger partial charge in [0.2, 0.25) is 10.0 Å². The number of sulfonamides is 1. The Balaban J connectivity index is 3.63. The van der Waals surface area contributed by atoms with Gasteiger partial charge in [-0.3, -0.25) is 9.10 Å². The minimum atomic E-state index is -3.55. The number of benzene rings is 1. The van der Waals surface area contributed by atoms with E-state index in [4.69, 9.17) is 16.3 Å². The number of ether oxygens (including phenoxy) is 1. The fourth-order valence-electron chi connectivity index (χ4n) is 1.47. The van der Waals surface area contributed by atoms with Gasteiger partial charge in [0.25, 0.3) is 5.24 Å². The number of hydrogen-bond donors (Lipinski definition) is 0. The van der Waals surface area contributed by atoms with Crippen molar-refractivity contribution in [2.24, 2.45) is 0 Å². The number of hydrogen-bond acceptors (Lipinski definition) is 4. The normalized spacial score (nSPS) is 11.2. The van der Waals surface area contributed by atoms with Crippen LogP contribution in [0.4, 0.5) is 5.69 Å². The first-order valence-electron chi connectivity index (χ1n) is 5.29. The third kappa shape index (κ3) is 3.61. The maximum absolute atomic E-state index is 11.7. The van der Waals surface area contributed by atoms with Crippen LogP contribution in [0.2, 0.25) is 0 Å². The molecule has 1 aromatic carbocycles. The number of carbonyl (C=O) groups is 1. The van der Waals surface area contributed by atoms with E-state index in [0.29, 0.717) is 11.1 Å². The average Bonchev–Trinajstić information content (AvgIpc) is 2.29. The Morgan fingerprint density at radius 2 is 2.05 bits per heavy atom. The number of nitrogens with zero attached hydrogens (tertiary/aromatic N) is 1. The van der Waals surface area contributed by atoms with Crippen LogP contribution in [0.25, 0.3) is 0 Å². The summed E-state index contributed by atoms with van der Waals surface area (Å²) in [6.07, 6.45) is 1.03. The van der Waals surface area contributed by atoms with Crippen LogP contribution in [0.15, 0.2) is 16.6 Å². The van der Waals surface area contributed by atoms with E-state index < -0.39 is 15.3 Å². The molecule has 0 saturated heterocycles. The summed E-state index contributed by atoms with van der Waals surface area (Å²) in [5.41, 5.74) is 0.194. The van der Waals surface area contributed by atoms with E-state index in [1.165, 1.54) is 13.1 Å². The number of anilines is 1. The summed E-state index contributed by atoms with van der Waals surface area (Å²) in [5, 5.41) is -0.751. The van der Waals surface area contributed by atoms with Gasteiger partial charge in [0.05, 0.1) is 22.9 Å². The van der Waals surface area contributed by atoms with Gasteiger partial charge in [0.1, 0.15) is 5.69 Å². The Bertz CT molecular complexity index is 603. The van der Waals surface area contributed by atoms with Crippen LogP contribution in [0.3, 0.4) is 0 Å². The largest absolute Gasteiger partial charge is 0.490 e. The fraction of sp³-hybridized carbons (Fsp3) is 0.364. The van der Waals surface area contributed by atoms with Crippen LogP contribution in [0, 0.1) is 0 Å². The maximum atomic E-state index is 11.7. The Kier molecular flexibility index (Phi) is 5.23. The number of halogens is 2. The first-order chi connectivity index (χ1) is 8.70. The highest BCUT2D eigenvalue weighted by Gasteiger charge is 2.25. The molecule has 0 aromatic heterocycles. The highest BCUT2D eigenvalue weighted by Crippen LogP contribution is 2.40. The van der Waals surface area contributed by atoms with E-state index in [9.17, 15) is 13.2 Å². The second-order valence-electron chi connectivity index (χ2n) is 3.71. The van der Waals surface area contributed by atoms with Gasteiger partial charge in [-0.1, -0.05) is 0 Å². The molecule has 0 heterocycles. The maximum Gasteiger partial charge on any atom is 0.254 e. The molecule has 0 saturated carbocycles. The van der Waals surface area contributed by atoms with E-state index in [1.807, 2.05) is 0 Å². The molecular weight excluding hydrogens is 358 g/mol. The van der Waals surface area contributed by atoms with E-state index in [1.54, 1.807) is 13.0 Å². The Labute approximate surface area is 125 Å². The molecular formula is C11H13BrClNO4S. The van der Waals surface area contributed by atoms with Crippen LogP contribution >= 0.6 is 27.5 Å². The zero-order valence-corrected chi connectivity index (χ0v) is 13.8. The molecule has 0 atom stereocenters. The molecule has 0 radical (unpaired) electrons. The molecule has 0 aliphatic rings. The second kappa shape index (κ2) is 6.11. The Hall–Kier alpha value is -0.790. The quantitative estimate of drug-likeness (QED) is 0.747. The van der Waals surface area contributed by atoms with Crippen molar-refractivity contribution in [3.8, 4) is 5.75 Å². The minimum Gasteiger partial charge on any atom is -0.490 e. The zero-order valence-electron chi connectivity index (χ0n) is 10.6. The lowest BCUT2D eigenvalue weighted by molar-refractivity contribution is 0.108. The van der Waals surface area contributed by atoms with Crippen molar-refractivity contribution in [2.75, 3.05) is 24.2 Å². The van der Waals surface area contributed by atoms with Crippen LogP contribution in [-0.2, 0) is 10.0 Å². The van der Waals surface area contributed by atoms with Crippen molar-refractivity contribution < 1.29 is 17.9 Å². The van der Waals surface area contributed by atoms with Crippen LogP contribution in [-0.4, -0.2) is 33.6 Å². The molecule has 0 bridgehead atoms. The lowest BCUT2D eigenvalue weighted by atomic mass is 10.2. The number of rotatable bonds is 5. The summed E-state index contributed by atoms with van der Waals surface area (Å²) in [6, 6.07) is 3.03. The van der Waals surface area contributed by atoms with Gasteiger partial charge >= 0.3 is 0 Å². The monoisotopic (exact) mass is 369 g/mol. The zero-order chi connectivity index (χ0) is 14.8. The summed E-state index contributed by atoms with van der Waals surface area (Å²) in [5.74, 6) is 0.266. The topological polar surface area (TPSA) is 63.7 Å². The first-order valence-corrected chi connectivity index (χ1v) is 8.31. The van der Waals surface area contributed by atoms with Crippen molar-refractivity contribution in [2.45, 2.75) is 6.92 Å². The highest BCUT2D eigenvalue weighted by molar-refractivity contribution is 9.10. The summed E-state index contributed by atoms with van der Waals surface area (Å²) in [7, 11) is -2.21. The Morgan fingerprint density at radius 1 is 1.47 bits per heavy atom. The first kappa shape index (κ1) is 16.3. The van der Waals surface area contributed by atoms with Gasteiger partial charge in [0.15, 0.2) is 5.75 Å². The molecule has 0 aliphatic heterocycles. The lowest BCUT2D eigenvalue weighted by Gasteiger charge is -2.23. The molecule has 1 rings (SSSR count). The molecule has 0 aliphatic carbocycles. The Morgan fingerprint density at radius 3 is 2.47 bits per heavy atom. The average molecular weight is 371 g/mol. The van der Waals surface area contributed by atoms with Crippen molar-refractivity contribution in [1.82, 2.24) is 0 Å². The lowest BCUT2D eigenvalue weighted by Crippen LogP contribution is -2.27. The third-order valence-corrected chi connectivity index (χ3v) is 4.40. The molecule has 0 amide bonds. The van der Waals surface area contributed by atoms with E-state index in [2.05, 4.69) is 15.9 Å². The predicted molar refractivity (Wildman–Crippen MR) is 78.7 cm³/mol. The van der Waals surface area contributed by atoms with E-state index in [0.717, 1.165) is 10.6 Å². The van der Waals surface area contributed by atoms with Gasteiger partial charge in [-0.2, -0.15) is 0 Å². The van der Waals surface area contributed by atoms with Gasteiger partial charge in [-0.25, -0.2) is 8.42 Å².